The number of rotatable bonds is 7. The van der Waals surface area contributed by atoms with Gasteiger partial charge in [0.15, 0.2) is 0 Å². The van der Waals surface area contributed by atoms with Gasteiger partial charge < -0.3 is 5.32 Å². The van der Waals surface area contributed by atoms with E-state index in [9.17, 15) is 0 Å². The normalized spacial score (nSPS) is 14.2. The second-order valence-electron chi connectivity index (χ2n) is 5.36. The number of benzene rings is 1. The first-order valence-corrected chi connectivity index (χ1v) is 7.59. The van der Waals surface area contributed by atoms with Gasteiger partial charge in [-0.3, -0.25) is 0 Å². The zero-order valence-corrected chi connectivity index (χ0v) is 12.7. The number of nitrogens with one attached hydrogen (secondary N) is 1. The van der Waals surface area contributed by atoms with E-state index >= 15 is 0 Å². The van der Waals surface area contributed by atoms with Gasteiger partial charge in [-0.15, -0.1) is 0 Å². The number of aromatic nitrogens is 2. The molecule has 0 aliphatic heterocycles. The average molecular weight is 271 g/mol. The van der Waals surface area contributed by atoms with E-state index < -0.39 is 0 Å². The predicted molar refractivity (Wildman–Crippen MR) is 84.1 cm³/mol. The van der Waals surface area contributed by atoms with Crippen molar-refractivity contribution in [2.45, 2.75) is 39.7 Å². The molecule has 2 atom stereocenters. The molecule has 0 radical (unpaired) electrons. The molecule has 0 amide bonds. The van der Waals surface area contributed by atoms with Gasteiger partial charge in [0.1, 0.15) is 0 Å². The van der Waals surface area contributed by atoms with Crippen LogP contribution in [0.5, 0.6) is 0 Å². The maximum atomic E-state index is 4.50. The zero-order valence-electron chi connectivity index (χ0n) is 12.7. The maximum absolute atomic E-state index is 4.50. The van der Waals surface area contributed by atoms with Crippen LogP contribution in [0.2, 0.25) is 0 Å². The SMILES string of the molecule is CCNC(CC(C)CC)c1ccnn1-c1ccccc1. The lowest BCUT2D eigenvalue weighted by Gasteiger charge is -2.22. The Kier molecular flexibility index (Phi) is 5.36. The standard InChI is InChI=1S/C17H25N3/c1-4-14(3)13-16(18-5-2)17-11-12-19-20(17)15-9-7-6-8-10-15/h6-12,14,16,18H,4-5,13H2,1-3H3. The van der Waals surface area contributed by atoms with Crippen molar-refractivity contribution in [3.8, 4) is 5.69 Å². The van der Waals surface area contributed by atoms with E-state index in [0.29, 0.717) is 12.0 Å². The second kappa shape index (κ2) is 7.25. The highest BCUT2D eigenvalue weighted by molar-refractivity contribution is 5.33. The van der Waals surface area contributed by atoms with Crippen LogP contribution in [-0.2, 0) is 0 Å². The van der Waals surface area contributed by atoms with Gasteiger partial charge in [-0.25, -0.2) is 4.68 Å². The Balaban J connectivity index is 2.28. The molecule has 3 heteroatoms. The Bertz CT molecular complexity index is 504. The summed E-state index contributed by atoms with van der Waals surface area (Å²) in [6.07, 6.45) is 4.24. The van der Waals surface area contributed by atoms with Crippen molar-refractivity contribution in [1.29, 1.82) is 0 Å². The highest BCUT2D eigenvalue weighted by Gasteiger charge is 2.18. The lowest BCUT2D eigenvalue weighted by Crippen LogP contribution is -2.25. The van der Waals surface area contributed by atoms with Crippen molar-refractivity contribution in [3.63, 3.8) is 0 Å². The molecule has 0 saturated carbocycles. The van der Waals surface area contributed by atoms with Crippen molar-refractivity contribution in [2.75, 3.05) is 6.54 Å². The molecule has 108 valence electrons. The summed E-state index contributed by atoms with van der Waals surface area (Å²) in [6.45, 7) is 7.70. The predicted octanol–water partition coefficient (Wildman–Crippen LogP) is 3.96. The number of hydrogen-bond donors (Lipinski definition) is 1. The second-order valence-corrected chi connectivity index (χ2v) is 5.36. The third-order valence-corrected chi connectivity index (χ3v) is 3.82. The van der Waals surface area contributed by atoms with Crippen LogP contribution in [-0.4, -0.2) is 16.3 Å². The Labute approximate surface area is 122 Å². The molecule has 2 aromatic rings. The van der Waals surface area contributed by atoms with Crippen molar-refractivity contribution < 1.29 is 0 Å². The van der Waals surface area contributed by atoms with Gasteiger partial charge >= 0.3 is 0 Å². The lowest BCUT2D eigenvalue weighted by atomic mass is 9.97. The van der Waals surface area contributed by atoms with E-state index in [2.05, 4.69) is 66.2 Å². The van der Waals surface area contributed by atoms with E-state index in [1.54, 1.807) is 0 Å². The lowest BCUT2D eigenvalue weighted by molar-refractivity contribution is 0.396. The Morgan fingerprint density at radius 2 is 1.90 bits per heavy atom. The summed E-state index contributed by atoms with van der Waals surface area (Å²) in [7, 11) is 0. The minimum absolute atomic E-state index is 0.359. The summed E-state index contributed by atoms with van der Waals surface area (Å²) >= 11 is 0. The van der Waals surface area contributed by atoms with E-state index in [1.807, 2.05) is 12.3 Å². The van der Waals surface area contributed by atoms with Gasteiger partial charge in [-0.05, 0) is 37.1 Å². The fraction of sp³-hybridized carbons (Fsp3) is 0.471. The van der Waals surface area contributed by atoms with E-state index in [4.69, 9.17) is 0 Å². The first-order valence-electron chi connectivity index (χ1n) is 7.59. The van der Waals surface area contributed by atoms with Gasteiger partial charge in [-0.2, -0.15) is 5.10 Å². The number of nitrogens with zero attached hydrogens (tertiary/aromatic N) is 2. The van der Waals surface area contributed by atoms with Crippen LogP contribution in [0.1, 0.15) is 45.3 Å². The highest BCUT2D eigenvalue weighted by Crippen LogP contribution is 2.24. The van der Waals surface area contributed by atoms with Crippen LogP contribution in [0.15, 0.2) is 42.6 Å². The molecule has 0 aliphatic rings. The highest BCUT2D eigenvalue weighted by atomic mass is 15.3. The van der Waals surface area contributed by atoms with Crippen molar-refractivity contribution >= 4 is 0 Å². The molecular weight excluding hydrogens is 246 g/mol. The van der Waals surface area contributed by atoms with Crippen LogP contribution < -0.4 is 5.32 Å². The molecule has 1 aromatic heterocycles. The maximum Gasteiger partial charge on any atom is 0.0649 e. The molecule has 0 saturated heterocycles. The Hall–Kier alpha value is -1.61. The third kappa shape index (κ3) is 3.48. The first kappa shape index (κ1) is 14.8. The average Bonchev–Trinajstić information content (AvgIpc) is 2.97. The van der Waals surface area contributed by atoms with Crippen molar-refractivity contribution in [1.82, 2.24) is 15.1 Å². The smallest absolute Gasteiger partial charge is 0.0649 e. The number of hydrogen-bond acceptors (Lipinski definition) is 2. The Morgan fingerprint density at radius 3 is 2.55 bits per heavy atom. The molecule has 0 fully saturated rings. The molecule has 0 aliphatic carbocycles. The summed E-state index contributed by atoms with van der Waals surface area (Å²) in [5.74, 6) is 0.707. The summed E-state index contributed by atoms with van der Waals surface area (Å²) in [4.78, 5) is 0. The van der Waals surface area contributed by atoms with Crippen LogP contribution in [0.4, 0.5) is 0 Å². The third-order valence-electron chi connectivity index (χ3n) is 3.82. The fourth-order valence-corrected chi connectivity index (χ4v) is 2.49. The topological polar surface area (TPSA) is 29.9 Å². The largest absolute Gasteiger partial charge is 0.309 e. The number of para-hydroxylation sites is 1. The Morgan fingerprint density at radius 1 is 1.15 bits per heavy atom. The molecule has 1 heterocycles. The van der Waals surface area contributed by atoms with Crippen LogP contribution in [0, 0.1) is 5.92 Å². The minimum Gasteiger partial charge on any atom is -0.309 e. The molecular formula is C17H25N3. The first-order chi connectivity index (χ1) is 9.76. The van der Waals surface area contributed by atoms with E-state index in [-0.39, 0.29) is 0 Å². The molecule has 20 heavy (non-hydrogen) atoms. The van der Waals surface area contributed by atoms with Gasteiger partial charge in [0.2, 0.25) is 0 Å². The van der Waals surface area contributed by atoms with E-state index in [1.165, 1.54) is 12.1 Å². The summed E-state index contributed by atoms with van der Waals surface area (Å²) in [6, 6.07) is 12.8. The zero-order chi connectivity index (χ0) is 14.4. The molecule has 3 nitrogen and oxygen atoms in total. The molecule has 2 unspecified atom stereocenters. The summed E-state index contributed by atoms with van der Waals surface area (Å²) in [5.41, 5.74) is 2.37. The van der Waals surface area contributed by atoms with Crippen molar-refractivity contribution in [2.24, 2.45) is 5.92 Å². The minimum atomic E-state index is 0.359. The summed E-state index contributed by atoms with van der Waals surface area (Å²) < 4.78 is 2.05. The van der Waals surface area contributed by atoms with Crippen LogP contribution in [0.3, 0.4) is 0 Å². The monoisotopic (exact) mass is 271 g/mol. The molecule has 1 aromatic carbocycles. The van der Waals surface area contributed by atoms with Gasteiger partial charge in [0.05, 0.1) is 11.4 Å². The fourth-order valence-electron chi connectivity index (χ4n) is 2.49. The quantitative estimate of drug-likeness (QED) is 0.826. The molecule has 1 N–H and O–H groups in total. The van der Waals surface area contributed by atoms with Crippen molar-refractivity contribution in [3.05, 3.63) is 48.3 Å². The molecule has 2 rings (SSSR count). The van der Waals surface area contributed by atoms with E-state index in [0.717, 1.165) is 18.7 Å². The van der Waals surface area contributed by atoms with Gasteiger partial charge in [0, 0.05) is 12.2 Å². The van der Waals surface area contributed by atoms with Gasteiger partial charge in [0.25, 0.3) is 0 Å². The van der Waals surface area contributed by atoms with Crippen LogP contribution in [0.25, 0.3) is 5.69 Å². The van der Waals surface area contributed by atoms with Crippen LogP contribution >= 0.6 is 0 Å². The molecule has 0 bridgehead atoms. The van der Waals surface area contributed by atoms with Gasteiger partial charge in [-0.1, -0.05) is 45.4 Å². The summed E-state index contributed by atoms with van der Waals surface area (Å²) in [5, 5.41) is 8.10. The molecule has 0 spiro atoms.